The van der Waals surface area contributed by atoms with Gasteiger partial charge in [0, 0.05) is 61.7 Å². The number of H-pyrrole nitrogens is 2. The minimum Gasteiger partial charge on any atom is -0.370 e. The number of rotatable bonds is 27. The molecule has 2 aromatic heterocycles. The quantitative estimate of drug-likeness (QED) is 0.0198. The van der Waals surface area contributed by atoms with Crippen LogP contribution < -0.4 is 54.4 Å². The smallest absolute Gasteiger partial charge is 0.243 e. The van der Waals surface area contributed by atoms with Crippen molar-refractivity contribution in [3.63, 3.8) is 0 Å². The number of hydrogen-bond acceptors (Lipinski definition) is 10. The van der Waals surface area contributed by atoms with E-state index in [1.54, 1.807) is 36.5 Å². The molecular formula is C46H64N14O8. The Balaban J connectivity index is 1.53. The van der Waals surface area contributed by atoms with E-state index in [0.717, 1.165) is 22.9 Å². The number of unbranched alkanes of at least 4 members (excludes halogenated alkanes) is 1. The van der Waals surface area contributed by atoms with Gasteiger partial charge in [-0.2, -0.15) is 0 Å². The largest absolute Gasteiger partial charge is 0.370 e. The van der Waals surface area contributed by atoms with E-state index in [2.05, 4.69) is 57.2 Å². The summed E-state index contributed by atoms with van der Waals surface area (Å²) in [7, 11) is 0. The molecule has 0 aliphatic rings. The summed E-state index contributed by atoms with van der Waals surface area (Å²) in [6, 6.07) is 7.90. The molecule has 366 valence electrons. The van der Waals surface area contributed by atoms with Crippen LogP contribution in [0.3, 0.4) is 0 Å². The third-order valence-corrected chi connectivity index (χ3v) is 10.9. The average molecular weight is 941 g/mol. The van der Waals surface area contributed by atoms with E-state index in [1.807, 2.05) is 31.2 Å². The second kappa shape index (κ2) is 26.4. The van der Waals surface area contributed by atoms with Crippen molar-refractivity contribution in [3.8, 4) is 0 Å². The number of benzene rings is 2. The summed E-state index contributed by atoms with van der Waals surface area (Å²) in [5, 5.41) is 19.4. The molecule has 0 aliphatic heterocycles. The monoisotopic (exact) mass is 941 g/mol. The number of hydrogen-bond donors (Lipinski definition) is 12. The van der Waals surface area contributed by atoms with E-state index < -0.39 is 89.6 Å². The number of guanidine groups is 1. The number of nitrogens with one attached hydrogen (secondary N) is 9. The normalized spacial score (nSPS) is 14.1. The summed E-state index contributed by atoms with van der Waals surface area (Å²) in [6.45, 7) is 6.15. The minimum absolute atomic E-state index is 0.0114. The maximum atomic E-state index is 14.3. The standard InChI is InChI=1S/C46H64N14O8/c1-5-6-16-34(56-28(4)61)42(65)54-27(3)41(64)59-38(22-31-24-50-25-53-31)45(68)60-37(20-29-13-8-7-9-14-29)44(67)57-35(18-12-19-51-46(48)49)43(66)55-26(2)40(63)58-36(39(47)62)21-30-23-52-33-17-11-10-15-32(30)33/h7-11,13-15,17,23-27,34-38,52H,5-6,12,16,18-22H2,1-4H3,(H2,47,62)(H,50,53)(H,54,65)(H,55,66)(H,56,61)(H,57,67)(H,58,63)(H,59,64)(H,60,68)(H4,48,49,51). The van der Waals surface area contributed by atoms with Gasteiger partial charge >= 0.3 is 0 Å². The van der Waals surface area contributed by atoms with E-state index in [1.165, 1.54) is 33.3 Å². The van der Waals surface area contributed by atoms with Crippen molar-refractivity contribution in [1.29, 1.82) is 0 Å². The van der Waals surface area contributed by atoms with Crippen LogP contribution in [0.5, 0.6) is 0 Å². The SMILES string of the molecule is CCCCC(NC(C)=O)C(=O)NC(C)C(=O)NC(Cc1cnc[nH]1)C(=O)NC(Cc1ccccc1)C(=O)NC(CCCN=C(N)N)C(=O)NC(C)C(=O)NC(Cc1c[nH]c2ccccc12)C(N)=O. The van der Waals surface area contributed by atoms with E-state index in [4.69, 9.17) is 17.2 Å². The zero-order chi connectivity index (χ0) is 49.8. The average Bonchev–Trinajstić information content (AvgIpc) is 3.98. The van der Waals surface area contributed by atoms with Crippen LogP contribution in [0.2, 0.25) is 0 Å². The molecule has 7 unspecified atom stereocenters. The number of carbonyl (C=O) groups is 8. The first kappa shape index (κ1) is 52.8. The van der Waals surface area contributed by atoms with Gasteiger partial charge in [0.15, 0.2) is 5.96 Å². The third-order valence-electron chi connectivity index (χ3n) is 10.9. The molecule has 22 nitrogen and oxygen atoms in total. The zero-order valence-corrected chi connectivity index (χ0v) is 38.7. The predicted octanol–water partition coefficient (Wildman–Crippen LogP) is -0.899. The second-order valence-electron chi connectivity index (χ2n) is 16.5. The van der Waals surface area contributed by atoms with Crippen molar-refractivity contribution in [3.05, 3.63) is 90.1 Å². The second-order valence-corrected chi connectivity index (χ2v) is 16.5. The van der Waals surface area contributed by atoms with Gasteiger partial charge in [0.05, 0.1) is 6.33 Å². The molecule has 0 saturated carbocycles. The highest BCUT2D eigenvalue weighted by Gasteiger charge is 2.33. The Labute approximate surface area is 394 Å². The Hall–Kier alpha value is -7.78. The molecule has 15 N–H and O–H groups in total. The molecule has 2 aromatic carbocycles. The fourth-order valence-electron chi connectivity index (χ4n) is 7.22. The summed E-state index contributed by atoms with van der Waals surface area (Å²) in [5.74, 6) is -5.73. The van der Waals surface area contributed by atoms with Crippen LogP contribution in [-0.2, 0) is 57.6 Å². The molecule has 4 aromatic rings. The molecule has 0 fully saturated rings. The number of imidazole rings is 1. The van der Waals surface area contributed by atoms with Crippen molar-refractivity contribution in [2.24, 2.45) is 22.2 Å². The van der Waals surface area contributed by atoms with Gasteiger partial charge in [-0.3, -0.25) is 43.3 Å². The number of amides is 8. The number of aromatic amines is 2. The molecule has 22 heteroatoms. The first-order valence-corrected chi connectivity index (χ1v) is 22.5. The first-order chi connectivity index (χ1) is 32.4. The van der Waals surface area contributed by atoms with Crippen molar-refractivity contribution < 1.29 is 38.4 Å². The number of aromatic nitrogens is 3. The van der Waals surface area contributed by atoms with Gasteiger partial charge in [-0.1, -0.05) is 68.3 Å². The van der Waals surface area contributed by atoms with Crippen molar-refractivity contribution in [1.82, 2.24) is 52.2 Å². The maximum Gasteiger partial charge on any atom is 0.243 e. The summed E-state index contributed by atoms with van der Waals surface area (Å²) >= 11 is 0. The lowest BCUT2D eigenvalue weighted by atomic mass is 10.0. The number of primary amides is 1. The molecule has 0 bridgehead atoms. The highest BCUT2D eigenvalue weighted by Crippen LogP contribution is 2.19. The fourth-order valence-corrected chi connectivity index (χ4v) is 7.22. The molecule has 0 saturated heterocycles. The summed E-state index contributed by atoms with van der Waals surface area (Å²) in [5.41, 5.74) is 19.4. The number of nitrogens with zero attached hydrogens (tertiary/aromatic N) is 2. The van der Waals surface area contributed by atoms with Crippen LogP contribution in [0.25, 0.3) is 10.9 Å². The lowest BCUT2D eigenvalue weighted by Gasteiger charge is -2.27. The van der Waals surface area contributed by atoms with E-state index >= 15 is 0 Å². The molecule has 0 aliphatic carbocycles. The molecule has 0 radical (unpaired) electrons. The van der Waals surface area contributed by atoms with Gasteiger partial charge in [-0.25, -0.2) is 4.98 Å². The lowest BCUT2D eigenvalue weighted by molar-refractivity contribution is -0.135. The molecule has 2 heterocycles. The van der Waals surface area contributed by atoms with Crippen molar-refractivity contribution >= 4 is 64.1 Å². The zero-order valence-electron chi connectivity index (χ0n) is 38.7. The Morgan fingerprint density at radius 3 is 1.75 bits per heavy atom. The minimum atomic E-state index is -1.32. The van der Waals surface area contributed by atoms with Gasteiger partial charge in [-0.15, -0.1) is 0 Å². The van der Waals surface area contributed by atoms with Crippen LogP contribution in [-0.4, -0.2) is 117 Å². The molecule has 8 amide bonds. The Kier molecular flexibility index (Phi) is 20.5. The highest BCUT2D eigenvalue weighted by molar-refractivity contribution is 5.97. The predicted molar refractivity (Wildman–Crippen MR) is 254 cm³/mol. The van der Waals surface area contributed by atoms with E-state index in [-0.39, 0.29) is 44.6 Å². The number of carbonyl (C=O) groups excluding carboxylic acids is 8. The Morgan fingerprint density at radius 2 is 1.16 bits per heavy atom. The van der Waals surface area contributed by atoms with Crippen molar-refractivity contribution in [2.45, 2.75) is 121 Å². The summed E-state index contributed by atoms with van der Waals surface area (Å²) in [4.78, 5) is 121. The van der Waals surface area contributed by atoms with Crippen LogP contribution in [0.15, 0.2) is 78.3 Å². The fraction of sp³-hybridized carbons (Fsp3) is 0.435. The molecule has 4 rings (SSSR count). The van der Waals surface area contributed by atoms with Crippen LogP contribution in [0, 0.1) is 0 Å². The molecule has 68 heavy (non-hydrogen) atoms. The van der Waals surface area contributed by atoms with E-state index in [0.29, 0.717) is 24.1 Å². The molecule has 0 spiro atoms. The number of para-hydroxylation sites is 1. The molecule has 7 atom stereocenters. The van der Waals surface area contributed by atoms with Gasteiger partial charge < -0.3 is 64.4 Å². The lowest BCUT2D eigenvalue weighted by Crippen LogP contribution is -2.60. The maximum absolute atomic E-state index is 14.3. The third kappa shape index (κ3) is 16.9. The number of aliphatic imine (C=N–C) groups is 1. The van der Waals surface area contributed by atoms with E-state index in [9.17, 15) is 38.4 Å². The highest BCUT2D eigenvalue weighted by atomic mass is 16.2. The van der Waals surface area contributed by atoms with Crippen LogP contribution in [0.4, 0.5) is 0 Å². The molecular weight excluding hydrogens is 877 g/mol. The number of fused-ring (bicyclic) bond motifs is 1. The summed E-state index contributed by atoms with van der Waals surface area (Å²) in [6.07, 6.45) is 6.46. The topological polar surface area (TPSA) is 356 Å². The van der Waals surface area contributed by atoms with Gasteiger partial charge in [0.1, 0.15) is 42.3 Å². The van der Waals surface area contributed by atoms with Gasteiger partial charge in [0.2, 0.25) is 47.3 Å². The van der Waals surface area contributed by atoms with Gasteiger partial charge in [0.25, 0.3) is 0 Å². The Morgan fingerprint density at radius 1 is 0.618 bits per heavy atom. The van der Waals surface area contributed by atoms with Gasteiger partial charge in [-0.05, 0) is 50.3 Å². The van der Waals surface area contributed by atoms with Crippen molar-refractivity contribution in [2.75, 3.05) is 6.54 Å². The number of nitrogens with two attached hydrogens (primary N) is 3. The summed E-state index contributed by atoms with van der Waals surface area (Å²) < 4.78 is 0. The van der Waals surface area contributed by atoms with Crippen LogP contribution >= 0.6 is 0 Å². The Bertz CT molecular complexity index is 2370. The van der Waals surface area contributed by atoms with Crippen LogP contribution in [0.1, 0.15) is 76.6 Å². The first-order valence-electron chi connectivity index (χ1n) is 22.5.